The maximum absolute atomic E-state index is 11.3. The molecular formula is C9H11N3O4. The van der Waals surface area contributed by atoms with E-state index in [0.717, 1.165) is 4.57 Å². The zero-order valence-corrected chi connectivity index (χ0v) is 8.67. The first-order valence-corrected chi connectivity index (χ1v) is 4.48. The van der Waals surface area contributed by atoms with Gasteiger partial charge in [0.15, 0.2) is 0 Å². The summed E-state index contributed by atoms with van der Waals surface area (Å²) < 4.78 is 5.47. The second-order valence-corrected chi connectivity index (χ2v) is 2.88. The summed E-state index contributed by atoms with van der Waals surface area (Å²) in [5.74, 6) is -1.01. The normalized spacial score (nSPS) is 9.56. The van der Waals surface area contributed by atoms with Gasteiger partial charge in [0.25, 0.3) is 0 Å². The lowest BCUT2D eigenvalue weighted by molar-refractivity contribution is -0.141. The maximum atomic E-state index is 11.3. The molecule has 0 aliphatic carbocycles. The number of nitrogens with one attached hydrogen (secondary N) is 1. The van der Waals surface area contributed by atoms with Crippen molar-refractivity contribution < 1.29 is 14.3 Å². The molecule has 7 heteroatoms. The highest BCUT2D eigenvalue weighted by Gasteiger charge is 2.06. The van der Waals surface area contributed by atoms with Gasteiger partial charge in [-0.1, -0.05) is 0 Å². The van der Waals surface area contributed by atoms with E-state index in [0.29, 0.717) is 0 Å². The number of hydrogen-bond donors (Lipinski definition) is 1. The lowest BCUT2D eigenvalue weighted by Crippen LogP contribution is -2.35. The molecule has 0 unspecified atom stereocenters. The van der Waals surface area contributed by atoms with Crippen LogP contribution >= 0.6 is 0 Å². The van der Waals surface area contributed by atoms with E-state index in [-0.39, 0.29) is 13.1 Å². The molecule has 1 rings (SSSR count). The second-order valence-electron chi connectivity index (χ2n) is 2.88. The van der Waals surface area contributed by atoms with Crippen LogP contribution in [0.25, 0.3) is 0 Å². The molecule has 16 heavy (non-hydrogen) atoms. The van der Waals surface area contributed by atoms with Gasteiger partial charge in [-0.15, -0.1) is 0 Å². The highest BCUT2D eigenvalue weighted by Crippen LogP contribution is 1.80. The maximum Gasteiger partial charge on any atom is 0.347 e. The third-order valence-corrected chi connectivity index (χ3v) is 1.75. The molecule has 0 spiro atoms. The Morgan fingerprint density at radius 1 is 1.56 bits per heavy atom. The Labute approximate surface area is 91.1 Å². The van der Waals surface area contributed by atoms with Crippen molar-refractivity contribution in [2.45, 2.75) is 6.54 Å². The van der Waals surface area contributed by atoms with Gasteiger partial charge in [-0.05, 0) is 6.07 Å². The smallest absolute Gasteiger partial charge is 0.347 e. The third-order valence-electron chi connectivity index (χ3n) is 1.75. The summed E-state index contributed by atoms with van der Waals surface area (Å²) in [6.45, 7) is -0.395. The van der Waals surface area contributed by atoms with Crippen molar-refractivity contribution in [3.63, 3.8) is 0 Å². The first-order valence-electron chi connectivity index (χ1n) is 4.48. The molecule has 0 aliphatic heterocycles. The zero-order chi connectivity index (χ0) is 12.0. The number of amides is 1. The fourth-order valence-electron chi connectivity index (χ4n) is 0.961. The van der Waals surface area contributed by atoms with Crippen LogP contribution in [0.1, 0.15) is 0 Å². The van der Waals surface area contributed by atoms with E-state index in [1.807, 2.05) is 0 Å². The van der Waals surface area contributed by atoms with E-state index in [9.17, 15) is 14.4 Å². The quantitative estimate of drug-likeness (QED) is 0.632. The number of carbonyl (C=O) groups is 2. The highest BCUT2D eigenvalue weighted by molar-refractivity contribution is 5.81. The van der Waals surface area contributed by atoms with Gasteiger partial charge >= 0.3 is 11.7 Å². The minimum absolute atomic E-state index is 0.177. The molecule has 0 aromatic carbocycles. The van der Waals surface area contributed by atoms with E-state index in [2.05, 4.69) is 15.0 Å². The molecule has 0 radical (unpaired) electrons. The molecule has 1 aromatic heterocycles. The van der Waals surface area contributed by atoms with E-state index >= 15 is 0 Å². The highest BCUT2D eigenvalue weighted by atomic mass is 16.5. The van der Waals surface area contributed by atoms with Crippen molar-refractivity contribution >= 4 is 11.9 Å². The molecule has 1 N–H and O–H groups in total. The zero-order valence-electron chi connectivity index (χ0n) is 8.67. The average Bonchev–Trinajstić information content (AvgIpc) is 2.29. The Kier molecular flexibility index (Phi) is 4.19. The van der Waals surface area contributed by atoms with Crippen molar-refractivity contribution in [1.82, 2.24) is 14.9 Å². The molecule has 1 aromatic rings. The minimum Gasteiger partial charge on any atom is -0.468 e. The molecule has 0 saturated heterocycles. The lowest BCUT2D eigenvalue weighted by Gasteiger charge is -2.05. The van der Waals surface area contributed by atoms with Gasteiger partial charge in [0.1, 0.15) is 13.1 Å². The fourth-order valence-corrected chi connectivity index (χ4v) is 0.961. The largest absolute Gasteiger partial charge is 0.468 e. The van der Waals surface area contributed by atoms with Crippen LogP contribution in [0, 0.1) is 0 Å². The summed E-state index contributed by atoms with van der Waals surface area (Å²) in [5, 5.41) is 2.31. The molecule has 7 nitrogen and oxygen atoms in total. The number of aromatic nitrogens is 2. The van der Waals surface area contributed by atoms with Crippen molar-refractivity contribution in [2.24, 2.45) is 0 Å². The summed E-state index contributed by atoms with van der Waals surface area (Å²) in [4.78, 5) is 36.6. The minimum atomic E-state index is -0.549. The Morgan fingerprint density at radius 2 is 2.31 bits per heavy atom. The topological polar surface area (TPSA) is 90.3 Å². The van der Waals surface area contributed by atoms with Gasteiger partial charge in [0.05, 0.1) is 7.11 Å². The van der Waals surface area contributed by atoms with Gasteiger partial charge in [0.2, 0.25) is 5.91 Å². The molecule has 0 fully saturated rings. The Bertz CT molecular complexity index is 440. The van der Waals surface area contributed by atoms with Crippen molar-refractivity contribution in [3.8, 4) is 0 Å². The van der Waals surface area contributed by atoms with Crippen LogP contribution < -0.4 is 11.0 Å². The summed E-state index contributed by atoms with van der Waals surface area (Å²) >= 11 is 0. The lowest BCUT2D eigenvalue weighted by atomic mass is 10.5. The number of hydrogen-bond acceptors (Lipinski definition) is 5. The first kappa shape index (κ1) is 11.9. The molecule has 0 saturated carbocycles. The molecule has 1 amide bonds. The molecule has 1 heterocycles. The monoisotopic (exact) mass is 225 g/mol. The standard InChI is InChI=1S/C9H11N3O4/c1-16-8(14)5-11-7(13)6-12-4-2-3-10-9(12)15/h2-4H,5-6H2,1H3,(H,11,13). The van der Waals surface area contributed by atoms with Gasteiger partial charge in [0, 0.05) is 12.4 Å². The predicted molar refractivity (Wildman–Crippen MR) is 53.5 cm³/mol. The Morgan fingerprint density at radius 3 is 2.94 bits per heavy atom. The number of carbonyl (C=O) groups excluding carboxylic acids is 2. The number of nitrogens with zero attached hydrogens (tertiary/aromatic N) is 2. The molecule has 0 bridgehead atoms. The van der Waals surface area contributed by atoms with E-state index in [1.54, 1.807) is 0 Å². The van der Waals surface area contributed by atoms with Crippen molar-refractivity contribution in [3.05, 3.63) is 28.9 Å². The van der Waals surface area contributed by atoms with Crippen LogP contribution in [0.2, 0.25) is 0 Å². The summed E-state index contributed by atoms with van der Waals surface area (Å²) in [7, 11) is 1.22. The van der Waals surface area contributed by atoms with Crippen LogP contribution in [-0.2, 0) is 20.9 Å². The fraction of sp³-hybridized carbons (Fsp3) is 0.333. The van der Waals surface area contributed by atoms with E-state index in [4.69, 9.17) is 0 Å². The van der Waals surface area contributed by atoms with E-state index in [1.165, 1.54) is 25.6 Å². The van der Waals surface area contributed by atoms with Crippen LogP contribution in [0.15, 0.2) is 23.3 Å². The summed E-state index contributed by atoms with van der Waals surface area (Å²) in [6, 6.07) is 1.54. The van der Waals surface area contributed by atoms with Crippen LogP contribution in [0.3, 0.4) is 0 Å². The van der Waals surface area contributed by atoms with Crippen LogP contribution in [-0.4, -0.2) is 35.1 Å². The van der Waals surface area contributed by atoms with Gasteiger partial charge in [-0.3, -0.25) is 14.2 Å². The average molecular weight is 225 g/mol. The molecular weight excluding hydrogens is 214 g/mol. The van der Waals surface area contributed by atoms with E-state index < -0.39 is 17.6 Å². The Balaban J connectivity index is 2.49. The summed E-state index contributed by atoms with van der Waals surface area (Å²) in [5.41, 5.74) is -0.518. The van der Waals surface area contributed by atoms with Crippen LogP contribution in [0.5, 0.6) is 0 Å². The second kappa shape index (κ2) is 5.64. The summed E-state index contributed by atoms with van der Waals surface area (Å²) in [6.07, 6.45) is 2.78. The number of rotatable bonds is 4. The predicted octanol–water partition coefficient (Wildman–Crippen LogP) is -1.47. The molecule has 86 valence electrons. The third kappa shape index (κ3) is 3.52. The molecule has 0 atom stereocenters. The SMILES string of the molecule is COC(=O)CNC(=O)Cn1cccnc1=O. The van der Waals surface area contributed by atoms with Gasteiger partial charge in [-0.25, -0.2) is 9.78 Å². The van der Waals surface area contributed by atoms with Gasteiger partial charge < -0.3 is 10.1 Å². The van der Waals surface area contributed by atoms with Crippen molar-refractivity contribution in [1.29, 1.82) is 0 Å². The Hall–Kier alpha value is -2.18. The van der Waals surface area contributed by atoms with Crippen LogP contribution in [0.4, 0.5) is 0 Å². The number of ether oxygens (including phenoxy) is 1. The van der Waals surface area contributed by atoms with Gasteiger partial charge in [-0.2, -0.15) is 0 Å². The first-order chi connectivity index (χ1) is 7.63. The number of esters is 1. The molecule has 0 aliphatic rings. The number of methoxy groups -OCH3 is 1. The van der Waals surface area contributed by atoms with Crippen molar-refractivity contribution in [2.75, 3.05) is 13.7 Å².